The highest BCUT2D eigenvalue weighted by molar-refractivity contribution is 5.71. The van der Waals surface area contributed by atoms with Crippen LogP contribution in [0.3, 0.4) is 0 Å². The first-order valence-electron chi connectivity index (χ1n) is 28.1. The zero-order valence-electron chi connectivity index (χ0n) is 43.4. The van der Waals surface area contributed by atoms with Gasteiger partial charge in [0.15, 0.2) is 6.10 Å². The smallest absolute Gasteiger partial charge is 0.306 e. The van der Waals surface area contributed by atoms with E-state index in [2.05, 4.69) is 41.5 Å². The Kier molecular flexibility index (Phi) is 47.1. The van der Waals surface area contributed by atoms with Gasteiger partial charge in [-0.3, -0.25) is 14.4 Å². The molecule has 0 heterocycles. The molecule has 0 saturated heterocycles. The van der Waals surface area contributed by atoms with Gasteiger partial charge < -0.3 is 14.2 Å². The number of hydrogen-bond acceptors (Lipinski definition) is 6. The molecule has 0 fully saturated rings. The van der Waals surface area contributed by atoms with E-state index in [0.717, 1.165) is 75.5 Å². The summed E-state index contributed by atoms with van der Waals surface area (Å²) in [4.78, 5) is 38.1. The number of carbonyl (C=O) groups excluding carboxylic acids is 3. The zero-order chi connectivity index (χ0) is 46.3. The van der Waals surface area contributed by atoms with Crippen LogP contribution in [-0.2, 0) is 28.6 Å². The largest absolute Gasteiger partial charge is 0.462 e. The van der Waals surface area contributed by atoms with Crippen molar-refractivity contribution in [3.8, 4) is 0 Å². The number of ether oxygens (including phenoxy) is 3. The fraction of sp³-hybridized carbons (Fsp3) is 0.947. The van der Waals surface area contributed by atoms with Crippen molar-refractivity contribution in [3.05, 3.63) is 0 Å². The van der Waals surface area contributed by atoms with E-state index in [-0.39, 0.29) is 31.1 Å². The molecule has 0 aromatic rings. The molecule has 0 aliphatic carbocycles. The van der Waals surface area contributed by atoms with Crippen molar-refractivity contribution < 1.29 is 28.6 Å². The summed E-state index contributed by atoms with van der Waals surface area (Å²) in [6.45, 7) is 13.7. The van der Waals surface area contributed by atoms with Gasteiger partial charge in [0.2, 0.25) is 0 Å². The average molecular weight is 892 g/mol. The quantitative estimate of drug-likeness (QED) is 0.0344. The van der Waals surface area contributed by atoms with Gasteiger partial charge >= 0.3 is 17.9 Å². The maximum Gasteiger partial charge on any atom is 0.306 e. The van der Waals surface area contributed by atoms with Crippen LogP contribution in [0.5, 0.6) is 0 Å². The normalized spacial score (nSPS) is 12.1. The number of unbranched alkanes of at least 4 members (excludes halogenated alkanes) is 33. The standard InChI is InChI=1S/C57H110O6/c1-51(2)43-37-31-25-19-14-10-8-7-9-11-16-22-28-34-40-46-55(58)61-49-54(63-57(60)48-42-36-30-24-18-21-27-33-39-45-53(5)6)50-62-56(59)47-41-35-29-23-17-13-12-15-20-26-32-38-44-52(3)4/h51-54H,7-50H2,1-6H3/t54-/m0/s1. The predicted octanol–water partition coefficient (Wildman–Crippen LogP) is 18.3. The minimum Gasteiger partial charge on any atom is -0.462 e. The Morgan fingerprint density at radius 2 is 0.460 bits per heavy atom. The fourth-order valence-electron chi connectivity index (χ4n) is 8.65. The van der Waals surface area contributed by atoms with E-state index in [4.69, 9.17) is 14.2 Å². The average Bonchev–Trinajstić information content (AvgIpc) is 3.24. The molecule has 0 N–H and O–H groups in total. The Balaban J connectivity index is 4.27. The van der Waals surface area contributed by atoms with Gasteiger partial charge in [-0.2, -0.15) is 0 Å². The summed E-state index contributed by atoms with van der Waals surface area (Å²) in [7, 11) is 0. The lowest BCUT2D eigenvalue weighted by Crippen LogP contribution is -2.30. The molecular weight excluding hydrogens is 781 g/mol. The lowest BCUT2D eigenvalue weighted by atomic mass is 10.0. The van der Waals surface area contributed by atoms with E-state index in [1.807, 2.05) is 0 Å². The van der Waals surface area contributed by atoms with Gasteiger partial charge in [0.1, 0.15) is 13.2 Å². The monoisotopic (exact) mass is 891 g/mol. The van der Waals surface area contributed by atoms with Gasteiger partial charge in [0, 0.05) is 19.3 Å². The molecule has 0 aliphatic heterocycles. The maximum atomic E-state index is 12.8. The van der Waals surface area contributed by atoms with Crippen LogP contribution in [0.15, 0.2) is 0 Å². The lowest BCUT2D eigenvalue weighted by molar-refractivity contribution is -0.167. The number of carbonyl (C=O) groups is 3. The van der Waals surface area contributed by atoms with Crippen LogP contribution in [0.25, 0.3) is 0 Å². The van der Waals surface area contributed by atoms with Crippen molar-refractivity contribution in [3.63, 3.8) is 0 Å². The molecule has 0 bridgehead atoms. The molecule has 374 valence electrons. The summed E-state index contributed by atoms with van der Waals surface area (Å²) < 4.78 is 16.9. The zero-order valence-corrected chi connectivity index (χ0v) is 43.4. The van der Waals surface area contributed by atoms with Crippen molar-refractivity contribution >= 4 is 17.9 Å². The highest BCUT2D eigenvalue weighted by Gasteiger charge is 2.19. The number of rotatable bonds is 50. The molecule has 0 radical (unpaired) electrons. The summed E-state index contributed by atoms with van der Waals surface area (Å²) in [6, 6.07) is 0. The molecule has 0 aliphatic rings. The topological polar surface area (TPSA) is 78.9 Å². The molecule has 6 heteroatoms. The van der Waals surface area contributed by atoms with E-state index in [1.165, 1.54) is 193 Å². The molecule has 6 nitrogen and oxygen atoms in total. The Hall–Kier alpha value is -1.59. The SMILES string of the molecule is CC(C)CCCCCCCCCCCCCCCCCC(=O)OC[C@@H](COC(=O)CCCCCCCCCCCCCCC(C)C)OC(=O)CCCCCCCCCCCC(C)C. The van der Waals surface area contributed by atoms with Gasteiger partial charge in [0.25, 0.3) is 0 Å². The Morgan fingerprint density at radius 3 is 0.683 bits per heavy atom. The molecule has 0 spiro atoms. The third kappa shape index (κ3) is 51.3. The van der Waals surface area contributed by atoms with Crippen LogP contribution in [0.2, 0.25) is 0 Å². The van der Waals surface area contributed by atoms with E-state index in [1.54, 1.807) is 0 Å². The van der Waals surface area contributed by atoms with Crippen LogP contribution in [0, 0.1) is 17.8 Å². The van der Waals surface area contributed by atoms with Crippen LogP contribution < -0.4 is 0 Å². The van der Waals surface area contributed by atoms with E-state index < -0.39 is 6.10 Å². The Morgan fingerprint density at radius 1 is 0.270 bits per heavy atom. The van der Waals surface area contributed by atoms with E-state index in [9.17, 15) is 14.4 Å². The van der Waals surface area contributed by atoms with Gasteiger partial charge in [-0.25, -0.2) is 0 Å². The van der Waals surface area contributed by atoms with Crippen molar-refractivity contribution in [2.75, 3.05) is 13.2 Å². The number of hydrogen-bond donors (Lipinski definition) is 0. The van der Waals surface area contributed by atoms with Crippen LogP contribution >= 0.6 is 0 Å². The summed E-state index contributed by atoms with van der Waals surface area (Å²) in [5, 5.41) is 0. The molecule has 0 amide bonds. The van der Waals surface area contributed by atoms with Crippen LogP contribution in [0.1, 0.15) is 311 Å². The first-order valence-corrected chi connectivity index (χ1v) is 28.1. The second-order valence-corrected chi connectivity index (χ2v) is 21.0. The third-order valence-corrected chi connectivity index (χ3v) is 12.9. The van der Waals surface area contributed by atoms with Gasteiger partial charge in [-0.05, 0) is 37.0 Å². The first kappa shape index (κ1) is 61.4. The minimum absolute atomic E-state index is 0.0640. The second-order valence-electron chi connectivity index (χ2n) is 21.0. The lowest BCUT2D eigenvalue weighted by Gasteiger charge is -2.18. The molecule has 0 aromatic heterocycles. The Labute approximate surface area is 393 Å². The van der Waals surface area contributed by atoms with Gasteiger partial charge in [0.05, 0.1) is 0 Å². The van der Waals surface area contributed by atoms with Crippen molar-refractivity contribution in [2.45, 2.75) is 317 Å². The highest BCUT2D eigenvalue weighted by Crippen LogP contribution is 2.18. The number of esters is 3. The molecule has 0 unspecified atom stereocenters. The van der Waals surface area contributed by atoms with E-state index >= 15 is 0 Å². The van der Waals surface area contributed by atoms with Crippen molar-refractivity contribution in [1.82, 2.24) is 0 Å². The van der Waals surface area contributed by atoms with Crippen molar-refractivity contribution in [2.24, 2.45) is 17.8 Å². The fourth-order valence-corrected chi connectivity index (χ4v) is 8.65. The summed E-state index contributed by atoms with van der Waals surface area (Å²) in [6.07, 6.45) is 49.5. The molecule has 1 atom stereocenters. The molecule has 0 saturated carbocycles. The van der Waals surface area contributed by atoms with E-state index in [0.29, 0.717) is 19.3 Å². The predicted molar refractivity (Wildman–Crippen MR) is 270 cm³/mol. The molecule has 63 heavy (non-hydrogen) atoms. The van der Waals surface area contributed by atoms with Gasteiger partial charge in [-0.1, -0.05) is 273 Å². The second kappa shape index (κ2) is 48.3. The van der Waals surface area contributed by atoms with Crippen LogP contribution in [0.4, 0.5) is 0 Å². The first-order chi connectivity index (χ1) is 30.6. The van der Waals surface area contributed by atoms with Crippen LogP contribution in [-0.4, -0.2) is 37.2 Å². The maximum absolute atomic E-state index is 12.8. The summed E-state index contributed by atoms with van der Waals surface area (Å²) >= 11 is 0. The molecule has 0 rings (SSSR count). The third-order valence-electron chi connectivity index (χ3n) is 12.9. The highest BCUT2D eigenvalue weighted by atomic mass is 16.6. The van der Waals surface area contributed by atoms with Crippen molar-refractivity contribution in [1.29, 1.82) is 0 Å². The molecular formula is C57H110O6. The summed E-state index contributed by atoms with van der Waals surface area (Å²) in [5.41, 5.74) is 0. The molecule has 0 aromatic carbocycles. The summed E-state index contributed by atoms with van der Waals surface area (Å²) in [5.74, 6) is 1.64. The minimum atomic E-state index is -0.763. The Bertz CT molecular complexity index is 976. The van der Waals surface area contributed by atoms with Gasteiger partial charge in [-0.15, -0.1) is 0 Å².